The number of fused-ring (bicyclic) bond motifs is 1. The number of rotatable bonds is 3. The fraction of sp³-hybridized carbons (Fsp3) is 0.273. The van der Waals surface area contributed by atoms with Crippen molar-refractivity contribution in [3.05, 3.63) is 81.2 Å². The quantitative estimate of drug-likeness (QED) is 0.726. The first-order valence-corrected chi connectivity index (χ1v) is 9.23. The number of hydrogen-bond donors (Lipinski definition) is 1. The summed E-state index contributed by atoms with van der Waals surface area (Å²) >= 11 is 6.01. The van der Waals surface area contributed by atoms with Gasteiger partial charge in [-0.25, -0.2) is 0 Å². The Balaban J connectivity index is 2.23. The number of hydrogen-bond acceptors (Lipinski definition) is 2. The largest absolute Gasteiger partial charge is 0.349 e. The Kier molecular flexibility index (Phi) is 5.11. The second kappa shape index (κ2) is 7.20. The van der Waals surface area contributed by atoms with Gasteiger partial charge in [-0.2, -0.15) is 0 Å². The van der Waals surface area contributed by atoms with Crippen LogP contribution >= 0.6 is 11.6 Å². The molecule has 1 N–H and O–H groups in total. The van der Waals surface area contributed by atoms with E-state index in [1.807, 2.05) is 45.9 Å². The van der Waals surface area contributed by atoms with Gasteiger partial charge in [-0.3, -0.25) is 14.2 Å². The molecule has 0 aliphatic carbocycles. The topological polar surface area (TPSA) is 51.1 Å². The second-order valence-corrected chi connectivity index (χ2v) is 8.20. The first-order valence-electron chi connectivity index (χ1n) is 8.85. The maximum atomic E-state index is 13.2. The summed E-state index contributed by atoms with van der Waals surface area (Å²) in [5, 5.41) is 5.06. The lowest BCUT2D eigenvalue weighted by Gasteiger charge is -2.27. The van der Waals surface area contributed by atoms with Gasteiger partial charge in [-0.1, -0.05) is 41.9 Å². The predicted molar refractivity (Wildman–Crippen MR) is 110 cm³/mol. The molecule has 2 aromatic carbocycles. The van der Waals surface area contributed by atoms with Crippen molar-refractivity contribution in [2.45, 2.75) is 39.3 Å². The minimum Gasteiger partial charge on any atom is -0.349 e. The molecule has 0 saturated carbocycles. The van der Waals surface area contributed by atoms with Crippen LogP contribution in [0.15, 0.2) is 59.5 Å². The summed E-state index contributed by atoms with van der Waals surface area (Å²) in [6.07, 6.45) is 1.76. The third-order valence-corrected chi connectivity index (χ3v) is 4.61. The third-order valence-electron chi connectivity index (χ3n) is 4.36. The van der Waals surface area contributed by atoms with Crippen LogP contribution < -0.4 is 10.9 Å². The molecule has 5 heteroatoms. The Morgan fingerprint density at radius 1 is 1.04 bits per heavy atom. The normalized spacial score (nSPS) is 12.8. The Morgan fingerprint density at radius 3 is 2.22 bits per heavy atom. The van der Waals surface area contributed by atoms with E-state index < -0.39 is 11.6 Å². The van der Waals surface area contributed by atoms with Crippen molar-refractivity contribution >= 4 is 28.3 Å². The number of benzene rings is 2. The van der Waals surface area contributed by atoms with Crippen LogP contribution in [0.4, 0.5) is 0 Å². The highest BCUT2D eigenvalue weighted by molar-refractivity contribution is 6.30. The van der Waals surface area contributed by atoms with Gasteiger partial charge < -0.3 is 5.32 Å². The maximum Gasteiger partial charge on any atom is 0.259 e. The van der Waals surface area contributed by atoms with Gasteiger partial charge in [0.05, 0.1) is 0 Å². The van der Waals surface area contributed by atoms with Crippen molar-refractivity contribution in [1.82, 2.24) is 9.88 Å². The summed E-state index contributed by atoms with van der Waals surface area (Å²) < 4.78 is 1.52. The molecular formula is C22H23ClN2O2. The smallest absolute Gasteiger partial charge is 0.259 e. The van der Waals surface area contributed by atoms with Gasteiger partial charge in [0.2, 0.25) is 5.91 Å². The number of nitrogens with one attached hydrogen (secondary N) is 1. The highest BCUT2D eigenvalue weighted by Gasteiger charge is 2.27. The molecule has 1 unspecified atom stereocenters. The Bertz CT molecular complexity index is 1050. The highest BCUT2D eigenvalue weighted by atomic mass is 35.5. The van der Waals surface area contributed by atoms with Crippen molar-refractivity contribution in [3.8, 4) is 0 Å². The van der Waals surface area contributed by atoms with E-state index in [-0.39, 0.29) is 11.5 Å². The zero-order valence-corrected chi connectivity index (χ0v) is 16.7. The molecule has 0 spiro atoms. The molecule has 0 aliphatic rings. The Morgan fingerprint density at radius 2 is 1.63 bits per heavy atom. The van der Waals surface area contributed by atoms with E-state index in [0.29, 0.717) is 16.0 Å². The van der Waals surface area contributed by atoms with Crippen LogP contribution in [0.5, 0.6) is 0 Å². The van der Waals surface area contributed by atoms with Crippen LogP contribution in [0.3, 0.4) is 0 Å². The van der Waals surface area contributed by atoms with Crippen LogP contribution in [0.2, 0.25) is 5.02 Å². The average Bonchev–Trinajstić information content (AvgIpc) is 2.59. The summed E-state index contributed by atoms with van der Waals surface area (Å²) in [7, 11) is 0. The van der Waals surface area contributed by atoms with Crippen LogP contribution in [0.25, 0.3) is 10.8 Å². The van der Waals surface area contributed by atoms with E-state index in [9.17, 15) is 9.59 Å². The first-order chi connectivity index (χ1) is 12.7. The lowest BCUT2D eigenvalue weighted by atomic mass is 10.0. The number of halogens is 1. The lowest BCUT2D eigenvalue weighted by Crippen LogP contribution is -2.46. The molecule has 3 aromatic rings. The second-order valence-electron chi connectivity index (χ2n) is 7.76. The van der Waals surface area contributed by atoms with Crippen LogP contribution in [0, 0.1) is 6.92 Å². The van der Waals surface area contributed by atoms with E-state index in [1.165, 1.54) is 4.57 Å². The standard InChI is InChI=1S/C22H23ClN2O2/c1-14-13-25(21(27)18-8-6-5-7-17(14)18)19(20(26)24-22(2,3)4)15-9-11-16(23)12-10-15/h5-13,19H,1-4H3,(H,24,26). The van der Waals surface area contributed by atoms with Gasteiger partial charge >= 0.3 is 0 Å². The molecular weight excluding hydrogens is 360 g/mol. The number of aromatic nitrogens is 1. The molecule has 0 radical (unpaired) electrons. The van der Waals surface area contributed by atoms with Gasteiger partial charge in [0.25, 0.3) is 5.56 Å². The van der Waals surface area contributed by atoms with Crippen molar-refractivity contribution in [3.63, 3.8) is 0 Å². The lowest BCUT2D eigenvalue weighted by molar-refractivity contribution is -0.124. The van der Waals surface area contributed by atoms with E-state index in [4.69, 9.17) is 11.6 Å². The molecule has 140 valence electrons. The number of carbonyl (C=O) groups excluding carboxylic acids is 1. The van der Waals surface area contributed by atoms with Crippen molar-refractivity contribution < 1.29 is 4.79 Å². The monoisotopic (exact) mass is 382 g/mol. The van der Waals surface area contributed by atoms with Gasteiger partial charge in [-0.05, 0) is 62.4 Å². The molecule has 1 heterocycles. The molecule has 1 atom stereocenters. The molecule has 0 saturated heterocycles. The third kappa shape index (κ3) is 4.06. The molecule has 3 rings (SSSR count). The summed E-state index contributed by atoms with van der Waals surface area (Å²) in [6.45, 7) is 7.69. The summed E-state index contributed by atoms with van der Waals surface area (Å²) in [6, 6.07) is 13.7. The fourth-order valence-corrected chi connectivity index (χ4v) is 3.33. The molecule has 0 fully saturated rings. The van der Waals surface area contributed by atoms with Gasteiger partial charge in [-0.15, -0.1) is 0 Å². The number of carbonyl (C=O) groups is 1. The molecule has 1 amide bonds. The maximum absolute atomic E-state index is 13.2. The number of amides is 1. The van der Waals surface area contributed by atoms with Gasteiger partial charge in [0, 0.05) is 22.1 Å². The zero-order chi connectivity index (χ0) is 19.8. The van der Waals surface area contributed by atoms with Crippen LogP contribution in [0.1, 0.15) is 37.9 Å². The molecule has 0 bridgehead atoms. The minimum absolute atomic E-state index is 0.194. The van der Waals surface area contributed by atoms with Crippen LogP contribution in [-0.4, -0.2) is 16.0 Å². The zero-order valence-electron chi connectivity index (χ0n) is 15.9. The predicted octanol–water partition coefficient (Wildman–Crippen LogP) is 4.47. The minimum atomic E-state index is -0.780. The number of pyridine rings is 1. The Labute approximate surface area is 163 Å². The number of nitrogens with zero attached hydrogens (tertiary/aromatic N) is 1. The Hall–Kier alpha value is -2.59. The summed E-state index contributed by atoms with van der Waals surface area (Å²) in [5.74, 6) is -0.235. The fourth-order valence-electron chi connectivity index (χ4n) is 3.20. The van der Waals surface area contributed by atoms with E-state index >= 15 is 0 Å². The summed E-state index contributed by atoms with van der Waals surface area (Å²) in [5.41, 5.74) is 1.03. The van der Waals surface area contributed by atoms with Crippen molar-refractivity contribution in [2.24, 2.45) is 0 Å². The molecule has 4 nitrogen and oxygen atoms in total. The number of aryl methyl sites for hydroxylation is 1. The van der Waals surface area contributed by atoms with Gasteiger partial charge in [0.1, 0.15) is 6.04 Å². The molecule has 27 heavy (non-hydrogen) atoms. The van der Waals surface area contributed by atoms with E-state index in [0.717, 1.165) is 10.9 Å². The van der Waals surface area contributed by atoms with Crippen molar-refractivity contribution in [2.75, 3.05) is 0 Å². The van der Waals surface area contributed by atoms with Crippen LogP contribution in [-0.2, 0) is 4.79 Å². The summed E-state index contributed by atoms with van der Waals surface area (Å²) in [4.78, 5) is 26.3. The van der Waals surface area contributed by atoms with Crippen molar-refractivity contribution in [1.29, 1.82) is 0 Å². The average molecular weight is 383 g/mol. The highest BCUT2D eigenvalue weighted by Crippen LogP contribution is 2.23. The SMILES string of the molecule is Cc1cn(C(C(=O)NC(C)(C)C)c2ccc(Cl)cc2)c(=O)c2ccccc12. The van der Waals surface area contributed by atoms with E-state index in [2.05, 4.69) is 5.32 Å². The molecule has 1 aromatic heterocycles. The first kappa shape index (κ1) is 19.2. The van der Waals surface area contributed by atoms with E-state index in [1.54, 1.807) is 36.5 Å². The molecule has 0 aliphatic heterocycles. The van der Waals surface area contributed by atoms with Gasteiger partial charge in [0.15, 0.2) is 0 Å².